The zero-order chi connectivity index (χ0) is 12.3. The fourth-order valence-electron chi connectivity index (χ4n) is 1.98. The van der Waals surface area contributed by atoms with Crippen molar-refractivity contribution >= 4 is 22.9 Å². The first-order valence-electron chi connectivity index (χ1n) is 6.00. The lowest BCUT2D eigenvalue weighted by Crippen LogP contribution is -2.48. The lowest BCUT2D eigenvalue weighted by molar-refractivity contribution is -0.123. The van der Waals surface area contributed by atoms with Crippen molar-refractivity contribution in [3.8, 4) is 0 Å². The van der Waals surface area contributed by atoms with Gasteiger partial charge in [0.1, 0.15) is 0 Å². The van der Waals surface area contributed by atoms with E-state index in [1.807, 2.05) is 0 Å². The maximum atomic E-state index is 11.5. The molecule has 0 unspecified atom stereocenters. The highest BCUT2D eigenvalue weighted by Crippen LogP contribution is 2.30. The number of hydrogen-bond acceptors (Lipinski definition) is 4. The molecular weight excluding hydrogens is 240 g/mol. The largest absolute Gasteiger partial charge is 0.388 e. The van der Waals surface area contributed by atoms with Gasteiger partial charge in [0.2, 0.25) is 5.91 Å². The minimum Gasteiger partial charge on any atom is -0.388 e. The molecule has 96 valence electrons. The van der Waals surface area contributed by atoms with Crippen LogP contribution < -0.4 is 5.32 Å². The molecule has 1 aliphatic heterocycles. The highest BCUT2D eigenvalue weighted by molar-refractivity contribution is 8.13. The van der Waals surface area contributed by atoms with E-state index in [1.165, 1.54) is 11.8 Å². The van der Waals surface area contributed by atoms with Gasteiger partial charge in [0.05, 0.1) is 5.60 Å². The van der Waals surface area contributed by atoms with Crippen LogP contribution >= 0.6 is 11.8 Å². The number of carbonyl (C=O) groups excluding carboxylic acids is 2. The van der Waals surface area contributed by atoms with Crippen LogP contribution in [-0.2, 0) is 4.79 Å². The number of aliphatic hydroxyl groups is 1. The van der Waals surface area contributed by atoms with Crippen molar-refractivity contribution in [2.45, 2.75) is 31.3 Å². The summed E-state index contributed by atoms with van der Waals surface area (Å²) < 4.78 is 0. The number of carbonyl (C=O) groups is 2. The van der Waals surface area contributed by atoms with Gasteiger partial charge in [0, 0.05) is 31.8 Å². The molecule has 1 saturated heterocycles. The van der Waals surface area contributed by atoms with E-state index in [9.17, 15) is 14.7 Å². The Morgan fingerprint density at radius 3 is 2.82 bits per heavy atom. The Labute approximate surface area is 105 Å². The first kappa shape index (κ1) is 12.7. The van der Waals surface area contributed by atoms with Crippen molar-refractivity contribution in [1.82, 2.24) is 10.2 Å². The number of hydrogen-bond donors (Lipinski definition) is 2. The van der Waals surface area contributed by atoms with Crippen molar-refractivity contribution in [2.75, 3.05) is 25.4 Å². The minimum absolute atomic E-state index is 0.0652. The van der Waals surface area contributed by atoms with E-state index in [4.69, 9.17) is 0 Å². The van der Waals surface area contributed by atoms with Gasteiger partial charge in [-0.25, -0.2) is 0 Å². The molecule has 0 bridgehead atoms. The number of nitrogens with zero attached hydrogens (tertiary/aromatic N) is 1. The predicted molar refractivity (Wildman–Crippen MR) is 65.9 cm³/mol. The second-order valence-electron chi connectivity index (χ2n) is 4.71. The van der Waals surface area contributed by atoms with E-state index in [2.05, 4.69) is 5.32 Å². The van der Waals surface area contributed by atoms with E-state index < -0.39 is 5.60 Å². The van der Waals surface area contributed by atoms with Gasteiger partial charge in [-0.3, -0.25) is 9.59 Å². The normalized spacial score (nSPS) is 22.4. The highest BCUT2D eigenvalue weighted by Gasteiger charge is 2.34. The van der Waals surface area contributed by atoms with E-state index >= 15 is 0 Å². The van der Waals surface area contributed by atoms with E-state index in [1.54, 1.807) is 4.90 Å². The fourth-order valence-corrected chi connectivity index (χ4v) is 2.83. The topological polar surface area (TPSA) is 69.6 Å². The Morgan fingerprint density at radius 1 is 1.53 bits per heavy atom. The molecule has 1 heterocycles. The SMILES string of the molecule is O=C(CCN1CCSC1=O)NCC1(O)CCC1. The summed E-state index contributed by atoms with van der Waals surface area (Å²) in [6, 6.07) is 0. The van der Waals surface area contributed by atoms with Crippen molar-refractivity contribution in [2.24, 2.45) is 0 Å². The van der Waals surface area contributed by atoms with Gasteiger partial charge in [-0.05, 0) is 19.3 Å². The van der Waals surface area contributed by atoms with Gasteiger partial charge in [-0.2, -0.15) is 0 Å². The molecule has 6 heteroatoms. The standard InChI is InChI=1S/C11H18N2O3S/c14-9(12-8-11(16)3-1-4-11)2-5-13-6-7-17-10(13)15/h16H,1-8H2,(H,12,14). The third kappa shape index (κ3) is 3.35. The Hall–Kier alpha value is -0.750. The average molecular weight is 258 g/mol. The number of nitrogens with one attached hydrogen (secondary N) is 1. The summed E-state index contributed by atoms with van der Waals surface area (Å²) in [6.45, 7) is 1.56. The second-order valence-corrected chi connectivity index (χ2v) is 5.75. The summed E-state index contributed by atoms with van der Waals surface area (Å²) in [4.78, 5) is 24.5. The van der Waals surface area contributed by atoms with Crippen LogP contribution in [0.25, 0.3) is 0 Å². The molecule has 0 spiro atoms. The van der Waals surface area contributed by atoms with E-state index in [0.717, 1.165) is 31.6 Å². The Balaban J connectivity index is 1.62. The molecule has 0 aromatic carbocycles. The molecule has 1 saturated carbocycles. The van der Waals surface area contributed by atoms with E-state index in [0.29, 0.717) is 19.5 Å². The first-order valence-corrected chi connectivity index (χ1v) is 6.98. The van der Waals surface area contributed by atoms with Gasteiger partial charge in [0.15, 0.2) is 0 Å². The van der Waals surface area contributed by atoms with Gasteiger partial charge in [-0.15, -0.1) is 0 Å². The summed E-state index contributed by atoms with van der Waals surface area (Å²) in [5.74, 6) is 0.732. The summed E-state index contributed by atoms with van der Waals surface area (Å²) in [7, 11) is 0. The molecule has 5 nitrogen and oxygen atoms in total. The van der Waals surface area contributed by atoms with Crippen LogP contribution in [0.3, 0.4) is 0 Å². The van der Waals surface area contributed by atoms with Gasteiger partial charge >= 0.3 is 0 Å². The summed E-state index contributed by atoms with van der Waals surface area (Å²) in [5.41, 5.74) is -0.672. The molecule has 17 heavy (non-hydrogen) atoms. The molecule has 2 N–H and O–H groups in total. The number of thioether (sulfide) groups is 1. The van der Waals surface area contributed by atoms with Gasteiger partial charge < -0.3 is 15.3 Å². The van der Waals surface area contributed by atoms with Crippen LogP contribution in [0.5, 0.6) is 0 Å². The predicted octanol–water partition coefficient (Wildman–Crippen LogP) is 0.576. The Morgan fingerprint density at radius 2 is 2.29 bits per heavy atom. The number of amides is 2. The summed E-state index contributed by atoms with van der Waals surface area (Å²) in [5, 5.41) is 12.6. The number of rotatable bonds is 5. The van der Waals surface area contributed by atoms with Gasteiger partial charge in [0.25, 0.3) is 5.24 Å². The monoisotopic (exact) mass is 258 g/mol. The lowest BCUT2D eigenvalue weighted by atomic mass is 9.80. The maximum absolute atomic E-state index is 11.5. The zero-order valence-corrected chi connectivity index (χ0v) is 10.6. The van der Waals surface area contributed by atoms with Crippen LogP contribution in [0, 0.1) is 0 Å². The lowest BCUT2D eigenvalue weighted by Gasteiger charge is -2.36. The minimum atomic E-state index is -0.672. The van der Waals surface area contributed by atoms with Crippen molar-refractivity contribution < 1.29 is 14.7 Å². The molecule has 2 amide bonds. The fraction of sp³-hybridized carbons (Fsp3) is 0.818. The molecule has 0 radical (unpaired) electrons. The Kier molecular flexibility index (Phi) is 3.93. The van der Waals surface area contributed by atoms with Crippen LogP contribution in [-0.4, -0.2) is 52.1 Å². The van der Waals surface area contributed by atoms with Gasteiger partial charge in [-0.1, -0.05) is 11.8 Å². The molecule has 1 aliphatic carbocycles. The molecule has 0 aromatic heterocycles. The zero-order valence-electron chi connectivity index (χ0n) is 9.78. The van der Waals surface area contributed by atoms with Crippen LogP contribution in [0.15, 0.2) is 0 Å². The van der Waals surface area contributed by atoms with E-state index in [-0.39, 0.29) is 11.1 Å². The van der Waals surface area contributed by atoms with Crippen molar-refractivity contribution in [1.29, 1.82) is 0 Å². The average Bonchev–Trinajstić information content (AvgIpc) is 2.67. The summed E-state index contributed by atoms with van der Waals surface area (Å²) >= 11 is 1.30. The molecule has 2 fully saturated rings. The first-order chi connectivity index (χ1) is 8.09. The quantitative estimate of drug-likeness (QED) is 0.756. The third-order valence-corrected chi connectivity index (χ3v) is 4.24. The van der Waals surface area contributed by atoms with Crippen LogP contribution in [0.1, 0.15) is 25.7 Å². The molecule has 2 rings (SSSR count). The molecular formula is C11H18N2O3S. The second kappa shape index (κ2) is 5.27. The molecule has 2 aliphatic rings. The molecule has 0 atom stereocenters. The Bertz CT molecular complexity index is 318. The van der Waals surface area contributed by atoms with Crippen molar-refractivity contribution in [3.05, 3.63) is 0 Å². The van der Waals surface area contributed by atoms with Crippen LogP contribution in [0.4, 0.5) is 4.79 Å². The highest BCUT2D eigenvalue weighted by atomic mass is 32.2. The third-order valence-electron chi connectivity index (χ3n) is 3.35. The van der Waals surface area contributed by atoms with Crippen LogP contribution in [0.2, 0.25) is 0 Å². The smallest absolute Gasteiger partial charge is 0.281 e. The summed E-state index contributed by atoms with van der Waals surface area (Å²) in [6.07, 6.45) is 2.90. The van der Waals surface area contributed by atoms with Crippen molar-refractivity contribution in [3.63, 3.8) is 0 Å². The molecule has 0 aromatic rings. The maximum Gasteiger partial charge on any atom is 0.281 e.